The van der Waals surface area contributed by atoms with Crippen LogP contribution in [0, 0.1) is 0 Å². The fourth-order valence-corrected chi connectivity index (χ4v) is 4.40. The van der Waals surface area contributed by atoms with Crippen molar-refractivity contribution in [3.05, 3.63) is 64.6 Å². The van der Waals surface area contributed by atoms with Crippen LogP contribution in [0.5, 0.6) is 0 Å². The Morgan fingerprint density at radius 3 is 1.81 bits per heavy atom. The number of carbonyl (C=O) groups excluding carboxylic acids is 2. The molecule has 4 rings (SSSR count). The van der Waals surface area contributed by atoms with Gasteiger partial charge in [0, 0.05) is 45.4 Å². The number of rotatable bonds is 6. The molecule has 12 heteroatoms. The van der Waals surface area contributed by atoms with Gasteiger partial charge in [-0.2, -0.15) is 0 Å². The van der Waals surface area contributed by atoms with Gasteiger partial charge in [-0.25, -0.2) is 9.59 Å². The highest BCUT2D eigenvalue weighted by atomic mass is 35.5. The van der Waals surface area contributed by atoms with Gasteiger partial charge in [0.1, 0.15) is 11.2 Å². The quantitative estimate of drug-likeness (QED) is 0.0833. The Labute approximate surface area is 260 Å². The van der Waals surface area contributed by atoms with Gasteiger partial charge in [0.25, 0.3) is 0 Å². The summed E-state index contributed by atoms with van der Waals surface area (Å²) in [6.07, 6.45) is -1.49. The molecule has 0 unspecified atom stereocenters. The molecule has 0 atom stereocenters. The van der Waals surface area contributed by atoms with Crippen LogP contribution in [-0.2, 0) is 9.47 Å². The number of guanidine groups is 1. The van der Waals surface area contributed by atoms with E-state index in [2.05, 4.69) is 43.4 Å². The summed E-state index contributed by atoms with van der Waals surface area (Å²) in [7, 11) is 0. The topological polar surface area (TPSA) is 129 Å². The van der Waals surface area contributed by atoms with E-state index in [9.17, 15) is 9.59 Å². The molecule has 4 aromatic rings. The average molecular weight is 628 g/mol. The Morgan fingerprint density at radius 1 is 0.744 bits per heavy atom. The number of alkyl carbamates (subject to hydrolysis) is 2. The van der Waals surface area contributed by atoms with Gasteiger partial charge in [-0.15, -0.1) is 0 Å². The van der Waals surface area contributed by atoms with Crippen LogP contribution < -0.4 is 21.3 Å². The van der Waals surface area contributed by atoms with Crippen LogP contribution in [0.1, 0.15) is 41.5 Å². The molecule has 10 nitrogen and oxygen atoms in total. The van der Waals surface area contributed by atoms with E-state index in [1.165, 1.54) is 0 Å². The van der Waals surface area contributed by atoms with E-state index in [0.717, 1.165) is 38.9 Å². The summed E-state index contributed by atoms with van der Waals surface area (Å²) >= 11 is 12.2. The smallest absolute Gasteiger partial charge is 0.414 e. The normalized spacial score (nSPS) is 11.6. The maximum Gasteiger partial charge on any atom is 0.414 e. The maximum atomic E-state index is 12.3. The largest absolute Gasteiger partial charge is 0.444 e. The van der Waals surface area contributed by atoms with Gasteiger partial charge in [0.15, 0.2) is 0 Å². The van der Waals surface area contributed by atoms with Crippen molar-refractivity contribution >= 4 is 80.2 Å². The van der Waals surface area contributed by atoms with Gasteiger partial charge < -0.3 is 25.1 Å². The number of aromatic amines is 1. The molecule has 1 heterocycles. The number of nitrogens with one attached hydrogen (secondary N) is 5. The van der Waals surface area contributed by atoms with Crippen molar-refractivity contribution in [1.82, 2.24) is 15.6 Å². The van der Waals surface area contributed by atoms with E-state index in [4.69, 9.17) is 32.7 Å². The number of carbonyl (C=O) groups is 2. The molecule has 0 saturated heterocycles. The minimum Gasteiger partial charge on any atom is -0.444 e. The molecule has 0 spiro atoms. The number of amides is 2. The highest BCUT2D eigenvalue weighted by Gasteiger charge is 2.21. The van der Waals surface area contributed by atoms with Crippen molar-refractivity contribution in [3.63, 3.8) is 0 Å². The zero-order valence-electron chi connectivity index (χ0n) is 24.9. The number of aromatic nitrogens is 1. The second-order valence-electron chi connectivity index (χ2n) is 11.8. The first kappa shape index (κ1) is 31.8. The number of H-pyrrole nitrogens is 1. The zero-order valence-corrected chi connectivity index (χ0v) is 26.5. The number of fused-ring (bicyclic) bond motifs is 3. The van der Waals surface area contributed by atoms with Crippen molar-refractivity contribution < 1.29 is 19.1 Å². The molecular formula is C31H36Cl2N6O4. The fraction of sp³-hybridized carbons (Fsp3) is 0.323. The number of hydrogen-bond donors (Lipinski definition) is 5. The van der Waals surface area contributed by atoms with E-state index in [1.54, 1.807) is 53.7 Å². The molecule has 0 aliphatic rings. The minimum atomic E-state index is -0.743. The van der Waals surface area contributed by atoms with E-state index >= 15 is 0 Å². The lowest BCUT2D eigenvalue weighted by atomic mass is 10.1. The Hall–Kier alpha value is -4.15. The highest BCUT2D eigenvalue weighted by Crippen LogP contribution is 2.32. The third-order valence-corrected chi connectivity index (χ3v) is 6.50. The second-order valence-corrected chi connectivity index (χ2v) is 12.6. The van der Waals surface area contributed by atoms with Crippen molar-refractivity contribution in [2.24, 2.45) is 4.99 Å². The van der Waals surface area contributed by atoms with Crippen molar-refractivity contribution in [1.29, 1.82) is 0 Å². The van der Waals surface area contributed by atoms with Crippen LogP contribution in [0.15, 0.2) is 59.6 Å². The molecule has 5 N–H and O–H groups in total. The second kappa shape index (κ2) is 13.0. The van der Waals surface area contributed by atoms with Crippen molar-refractivity contribution in [3.8, 4) is 0 Å². The number of nitrogens with zero attached hydrogens (tertiary/aromatic N) is 1. The first-order valence-corrected chi connectivity index (χ1v) is 14.5. The van der Waals surface area contributed by atoms with E-state index in [0.29, 0.717) is 16.6 Å². The first-order chi connectivity index (χ1) is 20.1. The number of aliphatic imine (C=N–C) groups is 1. The summed E-state index contributed by atoms with van der Waals surface area (Å²) in [5, 5.41) is 14.8. The molecule has 0 saturated carbocycles. The summed E-state index contributed by atoms with van der Waals surface area (Å²) in [4.78, 5) is 32.4. The monoisotopic (exact) mass is 626 g/mol. The Kier molecular flexibility index (Phi) is 9.62. The van der Waals surface area contributed by atoms with Gasteiger partial charge >= 0.3 is 12.2 Å². The molecule has 1 aromatic heterocycles. The van der Waals surface area contributed by atoms with Gasteiger partial charge in [0.2, 0.25) is 5.96 Å². The molecule has 0 aliphatic carbocycles. The van der Waals surface area contributed by atoms with Gasteiger partial charge in [-0.05, 0) is 96.1 Å². The predicted octanol–water partition coefficient (Wildman–Crippen LogP) is 8.19. The third kappa shape index (κ3) is 9.42. The lowest BCUT2D eigenvalue weighted by molar-refractivity contribution is 0.0545. The summed E-state index contributed by atoms with van der Waals surface area (Å²) < 4.78 is 10.6. The fourth-order valence-electron chi connectivity index (χ4n) is 4.10. The number of benzene rings is 3. The molecule has 0 radical (unpaired) electrons. The molecule has 2 amide bonds. The Morgan fingerprint density at radius 2 is 1.26 bits per heavy atom. The van der Waals surface area contributed by atoms with E-state index < -0.39 is 23.4 Å². The summed E-state index contributed by atoms with van der Waals surface area (Å²) in [6.45, 7) is 11.1. The van der Waals surface area contributed by atoms with Crippen LogP contribution in [0.2, 0.25) is 10.0 Å². The lowest BCUT2D eigenvalue weighted by Crippen LogP contribution is -2.47. The predicted molar refractivity (Wildman–Crippen MR) is 175 cm³/mol. The molecule has 43 heavy (non-hydrogen) atoms. The lowest BCUT2D eigenvalue weighted by Gasteiger charge is -2.22. The number of anilines is 3. The van der Waals surface area contributed by atoms with Gasteiger partial charge in [-0.1, -0.05) is 23.2 Å². The molecule has 228 valence electrons. The van der Waals surface area contributed by atoms with Crippen LogP contribution in [-0.4, -0.2) is 47.4 Å². The van der Waals surface area contributed by atoms with Crippen LogP contribution in [0.3, 0.4) is 0 Å². The summed E-state index contributed by atoms with van der Waals surface area (Å²) in [6, 6.07) is 17.5. The highest BCUT2D eigenvalue weighted by molar-refractivity contribution is 6.42. The Bertz CT molecular complexity index is 1640. The van der Waals surface area contributed by atoms with Crippen LogP contribution in [0.25, 0.3) is 21.8 Å². The first-order valence-electron chi connectivity index (χ1n) is 13.7. The molecule has 3 aromatic carbocycles. The standard InChI is InChI=1S/C31H36Cl2N6O4/c1-30(2,3)42-28(40)38-27(39-29(41)43-31(4,5)6)35-14-13-34-18-8-11-25-21(15-18)22-16-19(9-12-26(22)37-25)36-20-7-10-23(32)24(33)17-20/h7-12,15-17,34,36-37H,13-14H2,1-6H3,(H2,35,38,39,40,41). The van der Waals surface area contributed by atoms with Gasteiger partial charge in [-0.3, -0.25) is 15.6 Å². The maximum absolute atomic E-state index is 12.3. The van der Waals surface area contributed by atoms with Crippen LogP contribution in [0.4, 0.5) is 26.7 Å². The number of hydrogen-bond acceptors (Lipinski definition) is 7. The SMILES string of the molecule is CC(C)(C)OC(=O)NC(=NCCNc1ccc2[nH]c3ccc(Nc4ccc(Cl)c(Cl)c4)cc3c2c1)NC(=O)OC(C)(C)C. The van der Waals surface area contributed by atoms with Crippen molar-refractivity contribution in [2.45, 2.75) is 52.7 Å². The molecule has 0 fully saturated rings. The number of halogens is 2. The summed E-state index contributed by atoms with van der Waals surface area (Å²) in [5.41, 5.74) is 3.18. The minimum absolute atomic E-state index is 0.0700. The van der Waals surface area contributed by atoms with E-state index in [-0.39, 0.29) is 12.5 Å². The van der Waals surface area contributed by atoms with E-state index in [1.807, 2.05) is 30.3 Å². The zero-order chi connectivity index (χ0) is 31.4. The van der Waals surface area contributed by atoms with Gasteiger partial charge in [0.05, 0.1) is 16.6 Å². The van der Waals surface area contributed by atoms with Crippen molar-refractivity contribution in [2.75, 3.05) is 23.7 Å². The Balaban J connectivity index is 1.46. The molecule has 0 aliphatic heterocycles. The number of ether oxygens (including phenoxy) is 2. The average Bonchev–Trinajstić information content (AvgIpc) is 3.24. The third-order valence-electron chi connectivity index (χ3n) is 5.76. The summed E-state index contributed by atoms with van der Waals surface area (Å²) in [5.74, 6) is -0.0700. The molecule has 0 bridgehead atoms. The van der Waals surface area contributed by atoms with Crippen LogP contribution >= 0.6 is 23.2 Å². The molecular weight excluding hydrogens is 591 g/mol.